The maximum absolute atomic E-state index is 8.62. The third kappa shape index (κ3) is 2.56. The van der Waals surface area contributed by atoms with Crippen molar-refractivity contribution in [1.82, 2.24) is 0 Å². The molecule has 2 aromatic carbocycles. The van der Waals surface area contributed by atoms with Crippen LogP contribution in [0.15, 0.2) is 47.4 Å². The molecular formula is C14H13NS. The molecule has 0 saturated heterocycles. The van der Waals surface area contributed by atoms with E-state index in [1.807, 2.05) is 6.07 Å². The second-order valence-corrected chi connectivity index (χ2v) is 5.31. The first-order valence-corrected chi connectivity index (χ1v) is 6.20. The van der Waals surface area contributed by atoms with Gasteiger partial charge >= 0.3 is 0 Å². The van der Waals surface area contributed by atoms with Gasteiger partial charge in [0, 0.05) is 16.6 Å². The normalized spacial score (nSPS) is 12.2. The standard InChI is InChI=1S/C14H13NS/c1-11(8-9-15)16-14-7-6-12-4-2-3-5-13(12)10-14/h2-7,10-11H,8H2,1H3. The lowest BCUT2D eigenvalue weighted by Crippen LogP contribution is -1.92. The van der Waals surface area contributed by atoms with Crippen LogP contribution < -0.4 is 0 Å². The van der Waals surface area contributed by atoms with E-state index in [1.165, 1.54) is 15.7 Å². The maximum Gasteiger partial charge on any atom is 0.0633 e. The first kappa shape index (κ1) is 11.0. The summed E-state index contributed by atoms with van der Waals surface area (Å²) in [6, 6.07) is 17.0. The summed E-state index contributed by atoms with van der Waals surface area (Å²) in [5, 5.41) is 11.5. The Bertz CT molecular complexity index is 527. The molecule has 0 bridgehead atoms. The fourth-order valence-electron chi connectivity index (χ4n) is 1.64. The van der Waals surface area contributed by atoms with Crippen LogP contribution in [0.3, 0.4) is 0 Å². The lowest BCUT2D eigenvalue weighted by molar-refractivity contribution is 0.990. The van der Waals surface area contributed by atoms with Crippen LogP contribution in [-0.2, 0) is 0 Å². The molecule has 2 rings (SSSR count). The smallest absolute Gasteiger partial charge is 0.0633 e. The molecule has 0 spiro atoms. The molecule has 16 heavy (non-hydrogen) atoms. The fourth-order valence-corrected chi connectivity index (χ4v) is 2.61. The van der Waals surface area contributed by atoms with Gasteiger partial charge in [0.15, 0.2) is 0 Å². The Morgan fingerprint density at radius 3 is 2.69 bits per heavy atom. The fraction of sp³-hybridized carbons (Fsp3) is 0.214. The van der Waals surface area contributed by atoms with Gasteiger partial charge in [-0.05, 0) is 22.9 Å². The van der Waals surface area contributed by atoms with Gasteiger partial charge in [0.2, 0.25) is 0 Å². The average molecular weight is 227 g/mol. The third-order valence-corrected chi connectivity index (χ3v) is 3.53. The number of benzene rings is 2. The van der Waals surface area contributed by atoms with Crippen molar-refractivity contribution in [3.05, 3.63) is 42.5 Å². The van der Waals surface area contributed by atoms with Gasteiger partial charge in [0.05, 0.1) is 6.07 Å². The molecule has 0 radical (unpaired) electrons. The molecule has 1 unspecified atom stereocenters. The number of hydrogen-bond acceptors (Lipinski definition) is 2. The predicted molar refractivity (Wildman–Crippen MR) is 69.5 cm³/mol. The van der Waals surface area contributed by atoms with Crippen LogP contribution in [-0.4, -0.2) is 5.25 Å². The highest BCUT2D eigenvalue weighted by molar-refractivity contribution is 8.00. The van der Waals surface area contributed by atoms with Crippen LogP contribution in [0.1, 0.15) is 13.3 Å². The first-order chi connectivity index (χ1) is 7.79. The zero-order valence-corrected chi connectivity index (χ0v) is 10.00. The highest BCUT2D eigenvalue weighted by Crippen LogP contribution is 2.27. The Morgan fingerprint density at radius 2 is 1.94 bits per heavy atom. The topological polar surface area (TPSA) is 23.8 Å². The van der Waals surface area contributed by atoms with E-state index in [-0.39, 0.29) is 0 Å². The van der Waals surface area contributed by atoms with Crippen LogP contribution >= 0.6 is 11.8 Å². The van der Waals surface area contributed by atoms with E-state index in [1.54, 1.807) is 11.8 Å². The minimum atomic E-state index is 0.353. The van der Waals surface area contributed by atoms with E-state index in [9.17, 15) is 0 Å². The SMILES string of the molecule is CC(CC#N)Sc1ccc2ccccc2c1. The zero-order valence-electron chi connectivity index (χ0n) is 9.18. The second kappa shape index (κ2) is 5.05. The van der Waals surface area contributed by atoms with Crippen LogP contribution in [0.4, 0.5) is 0 Å². The molecule has 0 aliphatic heterocycles. The van der Waals surface area contributed by atoms with Crippen molar-refractivity contribution >= 4 is 22.5 Å². The summed E-state index contributed by atoms with van der Waals surface area (Å²) in [5.41, 5.74) is 0. The Balaban J connectivity index is 2.23. The van der Waals surface area contributed by atoms with Crippen molar-refractivity contribution in [2.24, 2.45) is 0 Å². The van der Waals surface area contributed by atoms with E-state index in [2.05, 4.69) is 49.4 Å². The van der Waals surface area contributed by atoms with Crippen molar-refractivity contribution in [2.75, 3.05) is 0 Å². The molecule has 0 fully saturated rings. The molecule has 1 nitrogen and oxygen atoms in total. The Morgan fingerprint density at radius 1 is 1.19 bits per heavy atom. The van der Waals surface area contributed by atoms with E-state index >= 15 is 0 Å². The van der Waals surface area contributed by atoms with Crippen LogP contribution in [0.5, 0.6) is 0 Å². The largest absolute Gasteiger partial charge is 0.198 e. The number of nitriles is 1. The highest BCUT2D eigenvalue weighted by atomic mass is 32.2. The van der Waals surface area contributed by atoms with E-state index < -0.39 is 0 Å². The number of fused-ring (bicyclic) bond motifs is 1. The van der Waals surface area contributed by atoms with Gasteiger partial charge in [-0.15, -0.1) is 11.8 Å². The third-order valence-electron chi connectivity index (χ3n) is 2.44. The van der Waals surface area contributed by atoms with Crippen LogP contribution in [0, 0.1) is 11.3 Å². The van der Waals surface area contributed by atoms with Gasteiger partial charge in [0.25, 0.3) is 0 Å². The molecule has 0 saturated carbocycles. The molecule has 0 aromatic heterocycles. The monoisotopic (exact) mass is 227 g/mol. The summed E-state index contributed by atoms with van der Waals surface area (Å²) < 4.78 is 0. The van der Waals surface area contributed by atoms with Crippen molar-refractivity contribution in [3.8, 4) is 6.07 Å². The summed E-state index contributed by atoms with van der Waals surface area (Å²) in [5.74, 6) is 0. The predicted octanol–water partition coefficient (Wildman–Crippen LogP) is 4.23. The number of nitrogens with zero attached hydrogens (tertiary/aromatic N) is 1. The summed E-state index contributed by atoms with van der Waals surface area (Å²) in [4.78, 5) is 1.24. The van der Waals surface area contributed by atoms with Crippen molar-refractivity contribution < 1.29 is 0 Å². The molecule has 1 atom stereocenters. The average Bonchev–Trinajstić information content (AvgIpc) is 2.29. The molecule has 2 aromatic rings. The van der Waals surface area contributed by atoms with Crippen molar-refractivity contribution in [3.63, 3.8) is 0 Å². The van der Waals surface area contributed by atoms with E-state index in [0.717, 1.165) is 0 Å². The van der Waals surface area contributed by atoms with Gasteiger partial charge in [-0.3, -0.25) is 0 Å². The summed E-state index contributed by atoms with van der Waals surface area (Å²) in [6.45, 7) is 2.09. The molecule has 0 aliphatic carbocycles. The van der Waals surface area contributed by atoms with Gasteiger partial charge < -0.3 is 0 Å². The Kier molecular flexibility index (Phi) is 3.48. The molecule has 0 heterocycles. The molecule has 0 N–H and O–H groups in total. The lowest BCUT2D eigenvalue weighted by atomic mass is 10.1. The van der Waals surface area contributed by atoms with E-state index in [4.69, 9.17) is 5.26 Å². The number of hydrogen-bond donors (Lipinski definition) is 0. The molecule has 0 amide bonds. The molecule has 2 heteroatoms. The highest BCUT2D eigenvalue weighted by Gasteiger charge is 2.04. The molecule has 80 valence electrons. The van der Waals surface area contributed by atoms with Gasteiger partial charge in [-0.1, -0.05) is 37.3 Å². The second-order valence-electron chi connectivity index (χ2n) is 3.80. The number of thioether (sulfide) groups is 1. The quantitative estimate of drug-likeness (QED) is 0.732. The van der Waals surface area contributed by atoms with Gasteiger partial charge in [0.1, 0.15) is 0 Å². The van der Waals surface area contributed by atoms with Gasteiger partial charge in [-0.25, -0.2) is 0 Å². The van der Waals surface area contributed by atoms with Gasteiger partial charge in [-0.2, -0.15) is 5.26 Å². The van der Waals surface area contributed by atoms with Crippen molar-refractivity contribution in [1.29, 1.82) is 5.26 Å². The minimum absolute atomic E-state index is 0.353. The summed E-state index contributed by atoms with van der Waals surface area (Å²) in [7, 11) is 0. The van der Waals surface area contributed by atoms with Crippen LogP contribution in [0.2, 0.25) is 0 Å². The number of rotatable bonds is 3. The summed E-state index contributed by atoms with van der Waals surface area (Å²) in [6.07, 6.45) is 0.595. The molecular weight excluding hydrogens is 214 g/mol. The zero-order chi connectivity index (χ0) is 11.4. The Labute approximate surface area is 100 Å². The Hall–Kier alpha value is -1.46. The first-order valence-electron chi connectivity index (χ1n) is 5.32. The minimum Gasteiger partial charge on any atom is -0.198 e. The lowest BCUT2D eigenvalue weighted by Gasteiger charge is -2.07. The maximum atomic E-state index is 8.62. The molecule has 0 aliphatic rings. The van der Waals surface area contributed by atoms with E-state index in [0.29, 0.717) is 11.7 Å². The summed E-state index contributed by atoms with van der Waals surface area (Å²) >= 11 is 1.76. The van der Waals surface area contributed by atoms with Crippen LogP contribution in [0.25, 0.3) is 10.8 Å². The van der Waals surface area contributed by atoms with Crippen molar-refractivity contribution in [2.45, 2.75) is 23.5 Å².